The van der Waals surface area contributed by atoms with Gasteiger partial charge in [-0.05, 0) is 25.5 Å². The summed E-state index contributed by atoms with van der Waals surface area (Å²) in [6.45, 7) is 2.82. The van der Waals surface area contributed by atoms with Gasteiger partial charge >= 0.3 is 5.97 Å². The van der Waals surface area contributed by atoms with Crippen molar-refractivity contribution >= 4 is 5.97 Å². The number of aliphatic hydroxyl groups is 3. The Balaban J connectivity index is 1.71. The van der Waals surface area contributed by atoms with E-state index in [0.29, 0.717) is 25.1 Å². The molecule has 2 heterocycles. The first-order chi connectivity index (χ1) is 10.5. The number of piperidine rings is 1. The molecule has 0 spiro atoms. The molecule has 6 heteroatoms. The van der Waals surface area contributed by atoms with E-state index in [0.717, 1.165) is 5.56 Å². The van der Waals surface area contributed by atoms with Gasteiger partial charge in [0.05, 0.1) is 17.7 Å². The predicted octanol–water partition coefficient (Wildman–Crippen LogP) is -0.309. The van der Waals surface area contributed by atoms with E-state index in [1.807, 2.05) is 17.9 Å². The van der Waals surface area contributed by atoms with Crippen molar-refractivity contribution in [3.63, 3.8) is 0 Å². The SMILES string of the molecule is Cc1cccc(C(=O)O[C@H]2CN3CC[C@H](O)[C@@H]3[C@@H](O)[C@@H]2O)c1. The Bertz CT molecular complexity index is 563. The van der Waals surface area contributed by atoms with Crippen LogP contribution in [-0.4, -0.2) is 69.7 Å². The van der Waals surface area contributed by atoms with Crippen molar-refractivity contribution in [3.8, 4) is 0 Å². The van der Waals surface area contributed by atoms with Gasteiger partial charge in [-0.25, -0.2) is 4.79 Å². The zero-order chi connectivity index (χ0) is 15.9. The molecule has 0 aliphatic carbocycles. The molecule has 2 fully saturated rings. The number of fused-ring (bicyclic) bond motifs is 1. The highest BCUT2D eigenvalue weighted by Gasteiger charge is 2.49. The highest BCUT2D eigenvalue weighted by Crippen LogP contribution is 2.29. The molecule has 6 nitrogen and oxygen atoms in total. The van der Waals surface area contributed by atoms with Crippen LogP contribution in [0.25, 0.3) is 0 Å². The highest BCUT2D eigenvalue weighted by atomic mass is 16.6. The first kappa shape index (κ1) is 15.4. The number of esters is 1. The average Bonchev–Trinajstić information content (AvgIpc) is 2.85. The predicted molar refractivity (Wildman–Crippen MR) is 78.4 cm³/mol. The third-order valence-corrected chi connectivity index (χ3v) is 4.54. The maximum atomic E-state index is 12.2. The Labute approximate surface area is 128 Å². The van der Waals surface area contributed by atoms with E-state index >= 15 is 0 Å². The van der Waals surface area contributed by atoms with Crippen LogP contribution in [0, 0.1) is 6.92 Å². The number of ether oxygens (including phenoxy) is 1. The van der Waals surface area contributed by atoms with Crippen LogP contribution in [0.15, 0.2) is 24.3 Å². The largest absolute Gasteiger partial charge is 0.455 e. The molecular formula is C16H21NO5. The maximum Gasteiger partial charge on any atom is 0.338 e. The van der Waals surface area contributed by atoms with Crippen molar-refractivity contribution in [2.45, 2.75) is 43.8 Å². The lowest BCUT2D eigenvalue weighted by atomic mass is 9.93. The smallest absolute Gasteiger partial charge is 0.338 e. The Hall–Kier alpha value is -1.47. The third kappa shape index (κ3) is 2.75. The molecule has 1 aromatic carbocycles. The Morgan fingerprint density at radius 2 is 2.05 bits per heavy atom. The van der Waals surface area contributed by atoms with Crippen LogP contribution in [0.5, 0.6) is 0 Å². The van der Waals surface area contributed by atoms with Gasteiger partial charge < -0.3 is 20.1 Å². The van der Waals surface area contributed by atoms with Crippen molar-refractivity contribution in [1.82, 2.24) is 4.90 Å². The van der Waals surface area contributed by atoms with Crippen molar-refractivity contribution in [3.05, 3.63) is 35.4 Å². The summed E-state index contributed by atoms with van der Waals surface area (Å²) in [5.41, 5.74) is 1.37. The molecule has 22 heavy (non-hydrogen) atoms. The highest BCUT2D eigenvalue weighted by molar-refractivity contribution is 5.89. The standard InChI is InChI=1S/C16H21NO5/c1-9-3-2-4-10(7-9)16(21)22-12-8-17-6-5-11(18)13(17)15(20)14(12)19/h2-4,7,11-15,18-20H,5-6,8H2,1H3/t11-,12-,13+,14+,15+/m0/s1. The van der Waals surface area contributed by atoms with Crippen LogP contribution in [-0.2, 0) is 4.74 Å². The molecule has 0 radical (unpaired) electrons. The molecule has 1 aromatic rings. The fourth-order valence-corrected chi connectivity index (χ4v) is 3.36. The Morgan fingerprint density at radius 3 is 2.77 bits per heavy atom. The molecule has 2 aliphatic rings. The van der Waals surface area contributed by atoms with Crippen molar-refractivity contribution in [2.75, 3.05) is 13.1 Å². The van der Waals surface area contributed by atoms with Crippen LogP contribution in [0.3, 0.4) is 0 Å². The van der Waals surface area contributed by atoms with E-state index in [4.69, 9.17) is 4.74 Å². The van der Waals surface area contributed by atoms with Crippen molar-refractivity contribution < 1.29 is 24.9 Å². The fraction of sp³-hybridized carbons (Fsp3) is 0.562. The van der Waals surface area contributed by atoms with E-state index < -0.39 is 36.4 Å². The van der Waals surface area contributed by atoms with E-state index in [9.17, 15) is 20.1 Å². The molecule has 5 atom stereocenters. The first-order valence-electron chi connectivity index (χ1n) is 7.53. The van der Waals surface area contributed by atoms with Gasteiger partial charge in [-0.1, -0.05) is 17.7 Å². The van der Waals surface area contributed by atoms with E-state index in [-0.39, 0.29) is 0 Å². The second kappa shape index (κ2) is 5.96. The second-order valence-corrected chi connectivity index (χ2v) is 6.14. The van der Waals surface area contributed by atoms with Gasteiger partial charge in [0.1, 0.15) is 18.3 Å². The number of benzene rings is 1. The normalized spacial score (nSPS) is 35.2. The molecule has 0 bridgehead atoms. The lowest BCUT2D eigenvalue weighted by molar-refractivity contribution is -0.143. The lowest BCUT2D eigenvalue weighted by Crippen LogP contribution is -2.62. The first-order valence-corrected chi connectivity index (χ1v) is 7.53. The van der Waals surface area contributed by atoms with E-state index in [1.54, 1.807) is 18.2 Å². The van der Waals surface area contributed by atoms with Crippen molar-refractivity contribution in [2.24, 2.45) is 0 Å². The summed E-state index contributed by atoms with van der Waals surface area (Å²) in [6.07, 6.45) is -3.22. The minimum atomic E-state index is -1.19. The summed E-state index contributed by atoms with van der Waals surface area (Å²) in [5.74, 6) is -0.516. The van der Waals surface area contributed by atoms with Crippen LogP contribution >= 0.6 is 0 Å². The summed E-state index contributed by atoms with van der Waals surface area (Å²) in [5, 5.41) is 30.2. The number of carbonyl (C=O) groups is 1. The number of hydrogen-bond donors (Lipinski definition) is 3. The van der Waals surface area contributed by atoms with Gasteiger partial charge in [0.15, 0.2) is 0 Å². The maximum absolute atomic E-state index is 12.2. The van der Waals surface area contributed by atoms with E-state index in [2.05, 4.69) is 0 Å². The van der Waals surface area contributed by atoms with Crippen molar-refractivity contribution in [1.29, 1.82) is 0 Å². The molecule has 3 rings (SSSR count). The molecule has 120 valence electrons. The summed E-state index contributed by atoms with van der Waals surface area (Å²) in [4.78, 5) is 14.1. The molecule has 3 N–H and O–H groups in total. The van der Waals surface area contributed by atoms with Crippen LogP contribution in [0.4, 0.5) is 0 Å². The number of aliphatic hydroxyl groups excluding tert-OH is 3. The zero-order valence-electron chi connectivity index (χ0n) is 12.4. The van der Waals surface area contributed by atoms with E-state index in [1.165, 1.54) is 0 Å². The van der Waals surface area contributed by atoms with Gasteiger partial charge in [0.2, 0.25) is 0 Å². The minimum Gasteiger partial charge on any atom is -0.455 e. The summed E-state index contributed by atoms with van der Waals surface area (Å²) < 4.78 is 5.39. The second-order valence-electron chi connectivity index (χ2n) is 6.14. The molecular weight excluding hydrogens is 286 g/mol. The molecule has 0 aromatic heterocycles. The summed E-state index contributed by atoms with van der Waals surface area (Å²) >= 11 is 0. The average molecular weight is 307 g/mol. The molecule has 2 saturated heterocycles. The number of nitrogens with zero attached hydrogens (tertiary/aromatic N) is 1. The number of carbonyl (C=O) groups excluding carboxylic acids is 1. The van der Waals surface area contributed by atoms with Gasteiger partial charge in [0.25, 0.3) is 0 Å². The molecule has 2 aliphatic heterocycles. The van der Waals surface area contributed by atoms with Crippen LogP contribution < -0.4 is 0 Å². The summed E-state index contributed by atoms with van der Waals surface area (Å²) in [6, 6.07) is 6.54. The zero-order valence-corrected chi connectivity index (χ0v) is 12.4. The Kier molecular flexibility index (Phi) is 4.18. The van der Waals surface area contributed by atoms with Crippen LogP contribution in [0.1, 0.15) is 22.3 Å². The van der Waals surface area contributed by atoms with Gasteiger partial charge in [0, 0.05) is 13.1 Å². The lowest BCUT2D eigenvalue weighted by Gasteiger charge is -2.42. The third-order valence-electron chi connectivity index (χ3n) is 4.54. The quantitative estimate of drug-likeness (QED) is 0.650. The number of rotatable bonds is 2. The van der Waals surface area contributed by atoms with Gasteiger partial charge in [-0.15, -0.1) is 0 Å². The van der Waals surface area contributed by atoms with Gasteiger partial charge in [-0.3, -0.25) is 4.90 Å². The number of aryl methyl sites for hydroxylation is 1. The van der Waals surface area contributed by atoms with Gasteiger partial charge in [-0.2, -0.15) is 0 Å². The topological polar surface area (TPSA) is 90.2 Å². The fourth-order valence-electron chi connectivity index (χ4n) is 3.36. The van der Waals surface area contributed by atoms with Crippen LogP contribution in [0.2, 0.25) is 0 Å². The molecule has 0 unspecified atom stereocenters. The minimum absolute atomic E-state index is 0.317. The molecule has 0 amide bonds. The summed E-state index contributed by atoms with van der Waals surface area (Å²) in [7, 11) is 0. The number of hydrogen-bond acceptors (Lipinski definition) is 6. The molecule has 0 saturated carbocycles. The Morgan fingerprint density at radius 1 is 1.27 bits per heavy atom. The monoisotopic (exact) mass is 307 g/mol.